The monoisotopic (exact) mass is 311 g/mol. The molecule has 1 heterocycles. The highest BCUT2D eigenvalue weighted by Crippen LogP contribution is 2.39. The second-order valence-electron chi connectivity index (χ2n) is 4.76. The lowest BCUT2D eigenvalue weighted by atomic mass is 10.1. The molecule has 5 heteroatoms. The van der Waals surface area contributed by atoms with Crippen LogP contribution in [0.1, 0.15) is 17.2 Å². The molecule has 0 spiro atoms. The fourth-order valence-corrected chi connectivity index (χ4v) is 2.76. The molecule has 2 aromatic carbocycles. The molecule has 0 fully saturated rings. The van der Waals surface area contributed by atoms with E-state index in [-0.39, 0.29) is 11.1 Å². The van der Waals surface area contributed by atoms with Crippen molar-refractivity contribution in [1.82, 2.24) is 0 Å². The molecule has 1 aliphatic heterocycles. The predicted octanol–water partition coefficient (Wildman–Crippen LogP) is 4.99. The van der Waals surface area contributed by atoms with Crippen molar-refractivity contribution in [2.75, 3.05) is 11.9 Å². The van der Waals surface area contributed by atoms with Gasteiger partial charge in [0.15, 0.2) is 0 Å². The first-order valence-corrected chi connectivity index (χ1v) is 6.96. The molecule has 0 amide bonds. The third-order valence-corrected chi connectivity index (χ3v) is 3.80. The molecule has 1 N–H and O–H groups in total. The van der Waals surface area contributed by atoms with Crippen molar-refractivity contribution in [3.8, 4) is 5.75 Å². The highest BCUT2D eigenvalue weighted by Gasteiger charge is 2.23. The van der Waals surface area contributed by atoms with Crippen LogP contribution in [0.3, 0.4) is 0 Å². The van der Waals surface area contributed by atoms with E-state index in [1.807, 2.05) is 19.1 Å². The molecule has 104 valence electrons. The summed E-state index contributed by atoms with van der Waals surface area (Å²) in [7, 11) is 0. The van der Waals surface area contributed by atoms with Crippen LogP contribution in [0.2, 0.25) is 10.0 Å². The maximum Gasteiger partial charge on any atom is 0.146 e. The summed E-state index contributed by atoms with van der Waals surface area (Å²) < 4.78 is 19.2. The van der Waals surface area contributed by atoms with Gasteiger partial charge in [0.1, 0.15) is 17.7 Å². The molecule has 0 saturated carbocycles. The van der Waals surface area contributed by atoms with Crippen molar-refractivity contribution >= 4 is 28.9 Å². The summed E-state index contributed by atoms with van der Waals surface area (Å²) in [6.07, 6.45) is -0.208. The van der Waals surface area contributed by atoms with Crippen molar-refractivity contribution < 1.29 is 9.13 Å². The standard InChI is InChI=1S/C15H12Cl2FNO/c1-8-4-10(16)6-13-15(8)20-14(7-19-13)9-2-3-12(18)11(17)5-9/h2-6,14,19H,7H2,1H3. The van der Waals surface area contributed by atoms with Crippen molar-refractivity contribution in [2.24, 2.45) is 0 Å². The lowest BCUT2D eigenvalue weighted by molar-refractivity contribution is 0.209. The summed E-state index contributed by atoms with van der Waals surface area (Å²) in [5.41, 5.74) is 2.67. The largest absolute Gasteiger partial charge is 0.481 e. The van der Waals surface area contributed by atoms with Gasteiger partial charge in [-0.05, 0) is 42.3 Å². The van der Waals surface area contributed by atoms with Crippen molar-refractivity contribution in [3.63, 3.8) is 0 Å². The van der Waals surface area contributed by atoms with E-state index in [0.717, 1.165) is 22.6 Å². The summed E-state index contributed by atoms with van der Waals surface area (Å²) in [5.74, 6) is 0.341. The van der Waals surface area contributed by atoms with Crippen LogP contribution in [0.4, 0.5) is 10.1 Å². The summed E-state index contributed by atoms with van der Waals surface area (Å²) >= 11 is 11.8. The zero-order valence-corrected chi connectivity index (χ0v) is 12.2. The van der Waals surface area contributed by atoms with E-state index in [1.165, 1.54) is 6.07 Å². The second-order valence-corrected chi connectivity index (χ2v) is 5.60. The van der Waals surface area contributed by atoms with Crippen LogP contribution < -0.4 is 10.1 Å². The Balaban J connectivity index is 1.93. The number of hydrogen-bond donors (Lipinski definition) is 1. The van der Waals surface area contributed by atoms with Gasteiger partial charge in [-0.1, -0.05) is 29.3 Å². The molecule has 0 saturated heterocycles. The average molecular weight is 312 g/mol. The van der Waals surface area contributed by atoms with E-state index in [9.17, 15) is 4.39 Å². The van der Waals surface area contributed by atoms with Gasteiger partial charge in [-0.15, -0.1) is 0 Å². The Kier molecular flexibility index (Phi) is 3.48. The van der Waals surface area contributed by atoms with Gasteiger partial charge in [0.05, 0.1) is 17.3 Å². The lowest BCUT2D eigenvalue weighted by Gasteiger charge is -2.29. The van der Waals surface area contributed by atoms with Crippen molar-refractivity contribution in [1.29, 1.82) is 0 Å². The van der Waals surface area contributed by atoms with E-state index < -0.39 is 5.82 Å². The van der Waals surface area contributed by atoms with Crippen LogP contribution >= 0.6 is 23.2 Å². The van der Waals surface area contributed by atoms with Gasteiger partial charge in [0.25, 0.3) is 0 Å². The molecule has 1 atom stereocenters. The minimum atomic E-state index is -0.428. The minimum absolute atomic E-state index is 0.102. The Morgan fingerprint density at radius 2 is 2.05 bits per heavy atom. The lowest BCUT2D eigenvalue weighted by Crippen LogP contribution is -2.24. The van der Waals surface area contributed by atoms with Crippen LogP contribution in [0, 0.1) is 12.7 Å². The average Bonchev–Trinajstić information content (AvgIpc) is 2.41. The molecule has 1 aliphatic rings. The molecular formula is C15H12Cl2FNO. The molecule has 0 aliphatic carbocycles. The van der Waals surface area contributed by atoms with Crippen LogP contribution in [0.25, 0.3) is 0 Å². The van der Waals surface area contributed by atoms with E-state index in [1.54, 1.807) is 12.1 Å². The molecule has 2 aromatic rings. The number of hydrogen-bond acceptors (Lipinski definition) is 2. The Labute approximate surface area is 126 Å². The Morgan fingerprint density at radius 1 is 1.25 bits per heavy atom. The second kappa shape index (κ2) is 5.15. The first kappa shape index (κ1) is 13.5. The molecule has 0 bridgehead atoms. The van der Waals surface area contributed by atoms with Crippen molar-refractivity contribution in [2.45, 2.75) is 13.0 Å². The zero-order valence-electron chi connectivity index (χ0n) is 10.7. The molecule has 1 unspecified atom stereocenters. The molecule has 2 nitrogen and oxygen atoms in total. The summed E-state index contributed by atoms with van der Waals surface area (Å²) in [5, 5.41) is 4.05. The number of nitrogens with one attached hydrogen (secondary N) is 1. The van der Waals surface area contributed by atoms with Crippen LogP contribution in [0.15, 0.2) is 30.3 Å². The molecule has 0 radical (unpaired) electrons. The van der Waals surface area contributed by atoms with Gasteiger partial charge in [-0.2, -0.15) is 0 Å². The Bertz CT molecular complexity index is 675. The van der Waals surface area contributed by atoms with E-state index in [0.29, 0.717) is 11.6 Å². The van der Waals surface area contributed by atoms with Gasteiger partial charge in [-0.25, -0.2) is 4.39 Å². The smallest absolute Gasteiger partial charge is 0.146 e. The normalized spacial score (nSPS) is 17.1. The molecular weight excluding hydrogens is 300 g/mol. The molecule has 3 rings (SSSR count). The number of fused-ring (bicyclic) bond motifs is 1. The summed E-state index contributed by atoms with van der Waals surface area (Å²) in [6.45, 7) is 2.52. The van der Waals surface area contributed by atoms with Crippen LogP contribution in [0.5, 0.6) is 5.75 Å². The van der Waals surface area contributed by atoms with E-state index in [2.05, 4.69) is 5.32 Å². The van der Waals surface area contributed by atoms with Crippen molar-refractivity contribution in [3.05, 3.63) is 57.3 Å². The van der Waals surface area contributed by atoms with E-state index >= 15 is 0 Å². The molecule has 0 aromatic heterocycles. The van der Waals surface area contributed by atoms with Gasteiger partial charge in [-0.3, -0.25) is 0 Å². The van der Waals surface area contributed by atoms with Gasteiger partial charge < -0.3 is 10.1 Å². The van der Waals surface area contributed by atoms with Gasteiger partial charge in [0, 0.05) is 5.02 Å². The SMILES string of the molecule is Cc1cc(Cl)cc2c1OC(c1ccc(F)c(Cl)c1)CN2. The highest BCUT2D eigenvalue weighted by molar-refractivity contribution is 6.31. The number of anilines is 1. The number of ether oxygens (including phenoxy) is 1. The zero-order chi connectivity index (χ0) is 14.3. The summed E-state index contributed by atoms with van der Waals surface area (Å²) in [4.78, 5) is 0. The predicted molar refractivity (Wildman–Crippen MR) is 79.5 cm³/mol. The quantitative estimate of drug-likeness (QED) is 0.801. The van der Waals surface area contributed by atoms with Gasteiger partial charge >= 0.3 is 0 Å². The van der Waals surface area contributed by atoms with Gasteiger partial charge in [0.2, 0.25) is 0 Å². The third-order valence-electron chi connectivity index (χ3n) is 3.29. The topological polar surface area (TPSA) is 21.3 Å². The summed E-state index contributed by atoms with van der Waals surface area (Å²) in [6, 6.07) is 8.31. The van der Waals surface area contributed by atoms with E-state index in [4.69, 9.17) is 27.9 Å². The highest BCUT2D eigenvalue weighted by atomic mass is 35.5. The number of rotatable bonds is 1. The Hall–Kier alpha value is -1.45. The maximum absolute atomic E-state index is 13.2. The molecule has 20 heavy (non-hydrogen) atoms. The van der Waals surface area contributed by atoms with Crippen LogP contribution in [-0.4, -0.2) is 6.54 Å². The third kappa shape index (κ3) is 2.43. The first-order chi connectivity index (χ1) is 9.54. The first-order valence-electron chi connectivity index (χ1n) is 6.20. The number of aryl methyl sites for hydroxylation is 1. The Morgan fingerprint density at radius 3 is 2.80 bits per heavy atom. The maximum atomic E-state index is 13.2. The number of benzene rings is 2. The number of halogens is 3. The van der Waals surface area contributed by atoms with Crippen LogP contribution in [-0.2, 0) is 0 Å². The minimum Gasteiger partial charge on any atom is -0.481 e. The fourth-order valence-electron chi connectivity index (χ4n) is 2.30. The fraction of sp³-hybridized carbons (Fsp3) is 0.200.